The van der Waals surface area contributed by atoms with Crippen LogP contribution in [-0.2, 0) is 11.2 Å². The molecule has 106 valence electrons. The van der Waals surface area contributed by atoms with Gasteiger partial charge in [0.05, 0.1) is 6.10 Å². The third-order valence-corrected chi connectivity index (χ3v) is 2.93. The largest absolute Gasteiger partial charge is 0.392 e. The van der Waals surface area contributed by atoms with E-state index < -0.39 is 6.10 Å². The Hall–Kier alpha value is -1.39. The van der Waals surface area contributed by atoms with Crippen molar-refractivity contribution in [2.24, 2.45) is 0 Å². The molecule has 19 heavy (non-hydrogen) atoms. The number of benzene rings is 1. The van der Waals surface area contributed by atoms with Crippen molar-refractivity contribution < 1.29 is 9.90 Å². The second-order valence-corrected chi connectivity index (χ2v) is 4.92. The minimum atomic E-state index is -0.397. The average molecular weight is 264 g/mol. The summed E-state index contributed by atoms with van der Waals surface area (Å²) in [5, 5.41) is 15.2. The number of anilines is 1. The van der Waals surface area contributed by atoms with E-state index in [1.165, 1.54) is 0 Å². The van der Waals surface area contributed by atoms with Gasteiger partial charge in [-0.1, -0.05) is 25.1 Å². The molecule has 0 heterocycles. The molecule has 4 nitrogen and oxygen atoms in total. The summed E-state index contributed by atoms with van der Waals surface area (Å²) in [7, 11) is 0. The fourth-order valence-electron chi connectivity index (χ4n) is 1.87. The van der Waals surface area contributed by atoms with Crippen molar-refractivity contribution in [1.29, 1.82) is 0 Å². The summed E-state index contributed by atoms with van der Waals surface area (Å²) in [5.41, 5.74) is 2.03. The first kappa shape index (κ1) is 15.7. The Balaban J connectivity index is 2.46. The number of nitrogens with one attached hydrogen (secondary N) is 2. The maximum Gasteiger partial charge on any atom is 0.225 e. The standard InChI is InChI=1S/C15H24N2O2/c1-4-13-7-5-6-8-14(13)17-15(19)9-11(2)16-10-12(3)18/h5-8,11-12,16,18H,4,9-10H2,1-3H3,(H,17,19). The van der Waals surface area contributed by atoms with Crippen LogP contribution in [-0.4, -0.2) is 29.7 Å². The van der Waals surface area contributed by atoms with Crippen molar-refractivity contribution >= 4 is 11.6 Å². The van der Waals surface area contributed by atoms with Crippen LogP contribution in [0.3, 0.4) is 0 Å². The van der Waals surface area contributed by atoms with Crippen molar-refractivity contribution in [2.45, 2.75) is 45.8 Å². The van der Waals surface area contributed by atoms with Crippen molar-refractivity contribution in [1.82, 2.24) is 5.32 Å². The number of amides is 1. The van der Waals surface area contributed by atoms with Crippen molar-refractivity contribution in [3.05, 3.63) is 29.8 Å². The molecule has 0 fully saturated rings. The van der Waals surface area contributed by atoms with Gasteiger partial charge in [0.1, 0.15) is 0 Å². The summed E-state index contributed by atoms with van der Waals surface area (Å²) in [5.74, 6) is -0.00788. The smallest absolute Gasteiger partial charge is 0.225 e. The molecule has 0 aromatic heterocycles. The van der Waals surface area contributed by atoms with E-state index in [1.807, 2.05) is 31.2 Å². The molecule has 0 saturated carbocycles. The normalized spacial score (nSPS) is 13.9. The zero-order valence-electron chi connectivity index (χ0n) is 11.9. The molecule has 1 aromatic carbocycles. The quantitative estimate of drug-likeness (QED) is 0.705. The molecule has 0 spiro atoms. The van der Waals surface area contributed by atoms with E-state index in [0.717, 1.165) is 17.7 Å². The summed E-state index contributed by atoms with van der Waals surface area (Å²) in [4.78, 5) is 11.9. The summed E-state index contributed by atoms with van der Waals surface area (Å²) >= 11 is 0. The molecular formula is C15H24N2O2. The van der Waals surface area contributed by atoms with E-state index in [9.17, 15) is 9.90 Å². The highest BCUT2D eigenvalue weighted by Gasteiger charge is 2.10. The predicted octanol–water partition coefficient (Wildman–Crippen LogP) is 1.94. The van der Waals surface area contributed by atoms with Gasteiger partial charge < -0.3 is 15.7 Å². The van der Waals surface area contributed by atoms with Crippen LogP contribution >= 0.6 is 0 Å². The summed E-state index contributed by atoms with van der Waals surface area (Å²) in [6.45, 7) is 6.22. The van der Waals surface area contributed by atoms with Crippen molar-refractivity contribution in [3.8, 4) is 0 Å². The topological polar surface area (TPSA) is 61.4 Å². The molecule has 0 aliphatic carbocycles. The zero-order valence-corrected chi connectivity index (χ0v) is 11.9. The molecule has 0 saturated heterocycles. The number of carbonyl (C=O) groups excluding carboxylic acids is 1. The van der Waals surface area contributed by atoms with Crippen LogP contribution in [0.15, 0.2) is 24.3 Å². The third kappa shape index (κ3) is 5.85. The molecule has 1 rings (SSSR count). The number of carbonyl (C=O) groups is 1. The molecule has 0 aliphatic rings. The van der Waals surface area contributed by atoms with Crippen LogP contribution in [0.5, 0.6) is 0 Å². The highest BCUT2D eigenvalue weighted by Crippen LogP contribution is 2.15. The molecule has 2 unspecified atom stereocenters. The molecule has 0 aliphatic heterocycles. The third-order valence-electron chi connectivity index (χ3n) is 2.93. The molecule has 0 radical (unpaired) electrons. The number of aryl methyl sites for hydroxylation is 1. The van der Waals surface area contributed by atoms with E-state index in [2.05, 4.69) is 17.6 Å². The van der Waals surface area contributed by atoms with Gasteiger partial charge in [-0.3, -0.25) is 4.79 Å². The Morgan fingerprint density at radius 3 is 2.63 bits per heavy atom. The first-order chi connectivity index (χ1) is 9.02. The van der Waals surface area contributed by atoms with E-state index in [1.54, 1.807) is 6.92 Å². The van der Waals surface area contributed by atoms with Gasteiger partial charge >= 0.3 is 0 Å². The van der Waals surface area contributed by atoms with Crippen LogP contribution in [0.1, 0.15) is 32.8 Å². The van der Waals surface area contributed by atoms with Crippen LogP contribution in [0.25, 0.3) is 0 Å². The van der Waals surface area contributed by atoms with Gasteiger partial charge in [0.15, 0.2) is 0 Å². The van der Waals surface area contributed by atoms with Gasteiger partial charge in [-0.25, -0.2) is 0 Å². The Morgan fingerprint density at radius 1 is 1.32 bits per heavy atom. The molecule has 1 amide bonds. The summed E-state index contributed by atoms with van der Waals surface area (Å²) in [6, 6.07) is 7.88. The van der Waals surface area contributed by atoms with Crippen molar-refractivity contribution in [3.63, 3.8) is 0 Å². The van der Waals surface area contributed by atoms with Crippen LogP contribution in [0.4, 0.5) is 5.69 Å². The second kappa shape index (κ2) is 7.92. The maximum absolute atomic E-state index is 11.9. The minimum absolute atomic E-state index is 0.00788. The fourth-order valence-corrected chi connectivity index (χ4v) is 1.87. The van der Waals surface area contributed by atoms with Gasteiger partial charge in [-0.15, -0.1) is 0 Å². The minimum Gasteiger partial charge on any atom is -0.392 e. The lowest BCUT2D eigenvalue weighted by Crippen LogP contribution is -2.35. The van der Waals surface area contributed by atoms with Gasteiger partial charge in [0, 0.05) is 24.7 Å². The Labute approximate surface area is 115 Å². The highest BCUT2D eigenvalue weighted by molar-refractivity contribution is 5.91. The van der Waals surface area contributed by atoms with E-state index in [4.69, 9.17) is 0 Å². The fraction of sp³-hybridized carbons (Fsp3) is 0.533. The molecule has 2 atom stereocenters. The van der Waals surface area contributed by atoms with Crippen molar-refractivity contribution in [2.75, 3.05) is 11.9 Å². The van der Waals surface area contributed by atoms with Gasteiger partial charge in [0.25, 0.3) is 0 Å². The number of para-hydroxylation sites is 1. The molecule has 3 N–H and O–H groups in total. The molecule has 4 heteroatoms. The lowest BCUT2D eigenvalue weighted by molar-refractivity contribution is -0.116. The lowest BCUT2D eigenvalue weighted by atomic mass is 10.1. The molecular weight excluding hydrogens is 240 g/mol. The van der Waals surface area contributed by atoms with E-state index in [-0.39, 0.29) is 11.9 Å². The molecule has 0 bridgehead atoms. The Kier molecular flexibility index (Phi) is 6.53. The average Bonchev–Trinajstić information content (AvgIpc) is 2.37. The zero-order chi connectivity index (χ0) is 14.3. The maximum atomic E-state index is 11.9. The van der Waals surface area contributed by atoms with Gasteiger partial charge in [-0.05, 0) is 31.9 Å². The SMILES string of the molecule is CCc1ccccc1NC(=O)CC(C)NCC(C)O. The van der Waals surface area contributed by atoms with E-state index in [0.29, 0.717) is 13.0 Å². The number of rotatable bonds is 7. The van der Waals surface area contributed by atoms with Gasteiger partial charge in [0.2, 0.25) is 5.91 Å². The van der Waals surface area contributed by atoms with Gasteiger partial charge in [-0.2, -0.15) is 0 Å². The first-order valence-electron chi connectivity index (χ1n) is 6.82. The van der Waals surface area contributed by atoms with E-state index >= 15 is 0 Å². The molecule has 1 aromatic rings. The highest BCUT2D eigenvalue weighted by atomic mass is 16.3. The number of hydrogen-bond donors (Lipinski definition) is 3. The Morgan fingerprint density at radius 2 is 2.00 bits per heavy atom. The number of aliphatic hydroxyl groups is 1. The first-order valence-corrected chi connectivity index (χ1v) is 6.82. The summed E-state index contributed by atoms with van der Waals surface area (Å²) in [6.07, 6.45) is 0.892. The predicted molar refractivity (Wildman–Crippen MR) is 78.2 cm³/mol. The number of hydrogen-bond acceptors (Lipinski definition) is 3. The Bertz CT molecular complexity index is 405. The summed E-state index contributed by atoms with van der Waals surface area (Å²) < 4.78 is 0. The van der Waals surface area contributed by atoms with Crippen LogP contribution in [0, 0.1) is 0 Å². The monoisotopic (exact) mass is 264 g/mol. The lowest BCUT2D eigenvalue weighted by Gasteiger charge is -2.15. The van der Waals surface area contributed by atoms with Crippen LogP contribution < -0.4 is 10.6 Å². The van der Waals surface area contributed by atoms with Crippen LogP contribution in [0.2, 0.25) is 0 Å². The second-order valence-electron chi connectivity index (χ2n) is 4.92. The number of aliphatic hydroxyl groups excluding tert-OH is 1.